The van der Waals surface area contributed by atoms with Crippen LogP contribution in [0.3, 0.4) is 0 Å². The molecular formula is C19H19FN2O2. The molecule has 1 fully saturated rings. The molecule has 0 spiro atoms. The third kappa shape index (κ3) is 3.30. The van der Waals surface area contributed by atoms with Crippen molar-refractivity contribution in [1.29, 1.82) is 0 Å². The molecule has 0 unspecified atom stereocenters. The third-order valence-electron chi connectivity index (χ3n) is 4.44. The first kappa shape index (κ1) is 16.2. The van der Waals surface area contributed by atoms with Crippen LogP contribution in [0.4, 0.5) is 10.1 Å². The molecule has 2 amide bonds. The normalized spacial score (nSPS) is 14.8. The van der Waals surface area contributed by atoms with E-state index >= 15 is 0 Å². The molecule has 3 rings (SSSR count). The molecule has 5 heteroatoms. The van der Waals surface area contributed by atoms with E-state index < -0.39 is 5.41 Å². The van der Waals surface area contributed by atoms with Gasteiger partial charge in [-0.1, -0.05) is 24.3 Å². The minimum Gasteiger partial charge on any atom is -0.359 e. The number of hydrogen-bond donors (Lipinski definition) is 2. The summed E-state index contributed by atoms with van der Waals surface area (Å²) in [5, 5.41) is 5.49. The Labute approximate surface area is 140 Å². The van der Waals surface area contributed by atoms with Crippen molar-refractivity contribution in [2.75, 3.05) is 12.4 Å². The van der Waals surface area contributed by atoms with Crippen LogP contribution in [-0.2, 0) is 21.4 Å². The highest BCUT2D eigenvalue weighted by molar-refractivity contribution is 6.01. The van der Waals surface area contributed by atoms with Gasteiger partial charge in [-0.15, -0.1) is 0 Å². The summed E-state index contributed by atoms with van der Waals surface area (Å²) in [5.74, 6) is -0.435. The van der Waals surface area contributed by atoms with E-state index in [9.17, 15) is 14.0 Å². The number of likely N-dealkylation sites (N-methyl/N-ethyl adjacent to an activating group) is 1. The summed E-state index contributed by atoms with van der Waals surface area (Å²) >= 11 is 0. The van der Waals surface area contributed by atoms with Crippen molar-refractivity contribution in [1.82, 2.24) is 5.32 Å². The van der Waals surface area contributed by atoms with Gasteiger partial charge in [0.25, 0.3) is 0 Å². The maximum atomic E-state index is 13.1. The summed E-state index contributed by atoms with van der Waals surface area (Å²) in [6.45, 7) is 0. The van der Waals surface area contributed by atoms with Gasteiger partial charge in [0, 0.05) is 12.7 Å². The van der Waals surface area contributed by atoms with Gasteiger partial charge in [-0.25, -0.2) is 4.39 Å². The smallest absolute Gasteiger partial charge is 0.235 e. The highest BCUT2D eigenvalue weighted by Crippen LogP contribution is 2.49. The number of amides is 2. The molecule has 1 aliphatic rings. The third-order valence-corrected chi connectivity index (χ3v) is 4.44. The van der Waals surface area contributed by atoms with Crippen molar-refractivity contribution < 1.29 is 14.0 Å². The zero-order chi connectivity index (χ0) is 17.2. The molecule has 2 aromatic rings. The number of anilines is 1. The fraction of sp³-hybridized carbons (Fsp3) is 0.263. The quantitative estimate of drug-likeness (QED) is 0.888. The maximum Gasteiger partial charge on any atom is 0.235 e. The Hall–Kier alpha value is -2.69. The molecule has 124 valence electrons. The van der Waals surface area contributed by atoms with Crippen molar-refractivity contribution in [2.45, 2.75) is 24.7 Å². The summed E-state index contributed by atoms with van der Waals surface area (Å²) in [5.41, 5.74) is 1.87. The number of rotatable bonds is 5. The van der Waals surface area contributed by atoms with Gasteiger partial charge in [-0.2, -0.15) is 0 Å². The lowest BCUT2D eigenvalue weighted by Gasteiger charge is -2.16. The SMILES string of the molecule is CNC(=O)Cc1ccc(NC(=O)C2(c3ccc(F)cc3)CC2)cc1. The second-order valence-electron chi connectivity index (χ2n) is 6.09. The number of carbonyl (C=O) groups excluding carboxylic acids is 2. The zero-order valence-corrected chi connectivity index (χ0v) is 13.4. The second kappa shape index (κ2) is 6.43. The van der Waals surface area contributed by atoms with Crippen molar-refractivity contribution in [3.8, 4) is 0 Å². The van der Waals surface area contributed by atoms with Crippen LogP contribution in [0, 0.1) is 5.82 Å². The van der Waals surface area contributed by atoms with Crippen LogP contribution < -0.4 is 10.6 Å². The van der Waals surface area contributed by atoms with Crippen LogP contribution in [0.2, 0.25) is 0 Å². The number of hydrogen-bond acceptors (Lipinski definition) is 2. The van der Waals surface area contributed by atoms with E-state index in [4.69, 9.17) is 0 Å². The summed E-state index contributed by atoms with van der Waals surface area (Å²) in [4.78, 5) is 24.0. The van der Waals surface area contributed by atoms with Gasteiger partial charge in [0.2, 0.25) is 11.8 Å². The molecule has 1 aliphatic carbocycles. The summed E-state index contributed by atoms with van der Waals surface area (Å²) < 4.78 is 13.1. The Morgan fingerprint density at radius 1 is 1.04 bits per heavy atom. The Kier molecular flexibility index (Phi) is 4.34. The van der Waals surface area contributed by atoms with Crippen LogP contribution in [0.1, 0.15) is 24.0 Å². The molecule has 0 aromatic heterocycles. The van der Waals surface area contributed by atoms with Crippen molar-refractivity contribution in [3.63, 3.8) is 0 Å². The lowest BCUT2D eigenvalue weighted by molar-refractivity contribution is -0.120. The van der Waals surface area contributed by atoms with E-state index in [-0.39, 0.29) is 17.6 Å². The minimum absolute atomic E-state index is 0.0555. The first-order valence-corrected chi connectivity index (χ1v) is 7.90. The van der Waals surface area contributed by atoms with Crippen LogP contribution in [0.25, 0.3) is 0 Å². The van der Waals surface area contributed by atoms with Gasteiger partial charge in [0.15, 0.2) is 0 Å². The molecule has 4 nitrogen and oxygen atoms in total. The standard InChI is InChI=1S/C19H19FN2O2/c1-21-17(23)12-13-2-8-16(9-3-13)22-18(24)19(10-11-19)14-4-6-15(20)7-5-14/h2-9H,10-12H2,1H3,(H,21,23)(H,22,24). The number of carbonyl (C=O) groups is 2. The van der Waals surface area contributed by atoms with Crippen LogP contribution in [-0.4, -0.2) is 18.9 Å². The average Bonchev–Trinajstić information content (AvgIpc) is 3.39. The fourth-order valence-corrected chi connectivity index (χ4v) is 2.77. The van der Waals surface area contributed by atoms with Crippen molar-refractivity contribution in [3.05, 3.63) is 65.5 Å². The van der Waals surface area contributed by atoms with Crippen LogP contribution in [0.15, 0.2) is 48.5 Å². The number of nitrogens with one attached hydrogen (secondary N) is 2. The highest BCUT2D eigenvalue weighted by atomic mass is 19.1. The van der Waals surface area contributed by atoms with Crippen LogP contribution >= 0.6 is 0 Å². The molecule has 2 N–H and O–H groups in total. The van der Waals surface area contributed by atoms with Gasteiger partial charge in [0.1, 0.15) is 5.82 Å². The molecule has 24 heavy (non-hydrogen) atoms. The molecule has 0 radical (unpaired) electrons. The van der Waals surface area contributed by atoms with Gasteiger partial charge in [-0.05, 0) is 48.2 Å². The van der Waals surface area contributed by atoms with E-state index in [0.29, 0.717) is 12.1 Å². The van der Waals surface area contributed by atoms with Gasteiger partial charge in [0.05, 0.1) is 11.8 Å². The first-order chi connectivity index (χ1) is 11.5. The molecule has 0 bridgehead atoms. The predicted octanol–water partition coefficient (Wildman–Crippen LogP) is 2.78. The minimum atomic E-state index is -0.547. The van der Waals surface area contributed by atoms with Gasteiger partial charge in [-0.3, -0.25) is 9.59 Å². The fourth-order valence-electron chi connectivity index (χ4n) is 2.77. The Morgan fingerprint density at radius 2 is 1.67 bits per heavy atom. The summed E-state index contributed by atoms with van der Waals surface area (Å²) in [7, 11) is 1.60. The largest absolute Gasteiger partial charge is 0.359 e. The van der Waals surface area contributed by atoms with Crippen LogP contribution in [0.5, 0.6) is 0 Å². The second-order valence-corrected chi connectivity index (χ2v) is 6.09. The van der Waals surface area contributed by atoms with Crippen molar-refractivity contribution >= 4 is 17.5 Å². The first-order valence-electron chi connectivity index (χ1n) is 7.90. The predicted molar refractivity (Wildman–Crippen MR) is 90.2 cm³/mol. The number of halogens is 1. The molecule has 1 saturated carbocycles. The Bertz CT molecular complexity index is 750. The molecule has 0 heterocycles. The average molecular weight is 326 g/mol. The van der Waals surface area contributed by atoms with Crippen molar-refractivity contribution in [2.24, 2.45) is 0 Å². The Morgan fingerprint density at radius 3 is 2.21 bits per heavy atom. The maximum absolute atomic E-state index is 13.1. The van der Waals surface area contributed by atoms with E-state index in [1.807, 2.05) is 12.1 Å². The summed E-state index contributed by atoms with van der Waals surface area (Å²) in [6, 6.07) is 13.3. The molecular weight excluding hydrogens is 307 g/mol. The molecule has 2 aromatic carbocycles. The highest BCUT2D eigenvalue weighted by Gasteiger charge is 2.51. The molecule has 0 aliphatic heterocycles. The number of benzene rings is 2. The van der Waals surface area contributed by atoms with E-state index in [1.54, 1.807) is 31.3 Å². The Balaban J connectivity index is 1.68. The lowest BCUT2D eigenvalue weighted by Crippen LogP contribution is -2.27. The zero-order valence-electron chi connectivity index (χ0n) is 13.4. The lowest BCUT2D eigenvalue weighted by atomic mass is 9.95. The van der Waals surface area contributed by atoms with Gasteiger partial charge < -0.3 is 10.6 Å². The van der Waals surface area contributed by atoms with E-state index in [1.165, 1.54) is 12.1 Å². The molecule has 0 saturated heterocycles. The van der Waals surface area contributed by atoms with E-state index in [2.05, 4.69) is 10.6 Å². The summed E-state index contributed by atoms with van der Waals surface area (Å²) in [6.07, 6.45) is 1.84. The topological polar surface area (TPSA) is 58.2 Å². The molecule has 0 atom stereocenters. The van der Waals surface area contributed by atoms with E-state index in [0.717, 1.165) is 24.0 Å². The monoisotopic (exact) mass is 326 g/mol. The van der Waals surface area contributed by atoms with Gasteiger partial charge >= 0.3 is 0 Å².